The number of hydrogen-bond donors (Lipinski definition) is 1. The smallest absolute Gasteiger partial charge is 0.337 e. The second kappa shape index (κ2) is 7.35. The number of amides is 1. The first-order chi connectivity index (χ1) is 12.8. The van der Waals surface area contributed by atoms with E-state index >= 15 is 0 Å². The van der Waals surface area contributed by atoms with Crippen LogP contribution in [0.3, 0.4) is 0 Å². The van der Waals surface area contributed by atoms with Gasteiger partial charge in [-0.25, -0.2) is 4.79 Å². The van der Waals surface area contributed by atoms with Crippen LogP contribution in [0.5, 0.6) is 5.75 Å². The summed E-state index contributed by atoms with van der Waals surface area (Å²) in [6, 6.07) is 3.94. The molecule has 1 amide bonds. The van der Waals surface area contributed by atoms with E-state index in [1.807, 2.05) is 32.9 Å². The summed E-state index contributed by atoms with van der Waals surface area (Å²) >= 11 is 0. The van der Waals surface area contributed by atoms with Crippen molar-refractivity contribution in [1.82, 2.24) is 5.32 Å². The largest absolute Gasteiger partial charge is 0.496 e. The lowest BCUT2D eigenvalue weighted by Gasteiger charge is -2.27. The molecule has 1 aliphatic heterocycles. The molecule has 0 aromatic heterocycles. The van der Waals surface area contributed by atoms with E-state index in [0.717, 1.165) is 30.4 Å². The van der Waals surface area contributed by atoms with Crippen LogP contribution < -0.4 is 10.1 Å². The Morgan fingerprint density at radius 2 is 2.00 bits per heavy atom. The van der Waals surface area contributed by atoms with E-state index < -0.39 is 11.5 Å². The Morgan fingerprint density at radius 1 is 1.30 bits per heavy atom. The molecule has 1 aliphatic carbocycles. The van der Waals surface area contributed by atoms with Gasteiger partial charge in [0.15, 0.2) is 0 Å². The highest BCUT2D eigenvalue weighted by molar-refractivity contribution is 6.24. The van der Waals surface area contributed by atoms with Gasteiger partial charge in [-0.3, -0.25) is 4.79 Å². The fourth-order valence-electron chi connectivity index (χ4n) is 3.86. The van der Waals surface area contributed by atoms with Gasteiger partial charge in [0.05, 0.1) is 18.2 Å². The Morgan fingerprint density at radius 3 is 2.56 bits per heavy atom. The molecule has 1 unspecified atom stereocenters. The first-order valence-electron chi connectivity index (χ1n) is 9.30. The highest BCUT2D eigenvalue weighted by atomic mass is 16.6. The molecule has 6 heteroatoms. The van der Waals surface area contributed by atoms with Crippen LogP contribution in [0.15, 0.2) is 17.9 Å². The van der Waals surface area contributed by atoms with Crippen LogP contribution in [-0.2, 0) is 25.5 Å². The number of hydrogen-bond acceptors (Lipinski definition) is 5. The average Bonchev–Trinajstić information content (AvgIpc) is 3.44. The van der Waals surface area contributed by atoms with Gasteiger partial charge >= 0.3 is 5.97 Å². The van der Waals surface area contributed by atoms with Crippen molar-refractivity contribution in [2.75, 3.05) is 20.8 Å². The average molecular weight is 373 g/mol. The number of esters is 1. The maximum absolute atomic E-state index is 13.0. The summed E-state index contributed by atoms with van der Waals surface area (Å²) in [6.07, 6.45) is 2.70. The van der Waals surface area contributed by atoms with Crippen LogP contribution in [0.4, 0.5) is 0 Å². The number of rotatable bonds is 7. The van der Waals surface area contributed by atoms with Gasteiger partial charge in [0.25, 0.3) is 5.91 Å². The third-order valence-electron chi connectivity index (χ3n) is 5.35. The minimum Gasteiger partial charge on any atom is -0.496 e. The van der Waals surface area contributed by atoms with Crippen molar-refractivity contribution >= 4 is 17.4 Å². The SMILES string of the molecule is CCc1cc(C)cc(OC)c1C1=C(OC(=O)COC)C(C)(C2CC2)NC1=O. The zero-order valence-corrected chi connectivity index (χ0v) is 16.6. The molecule has 3 rings (SSSR count). The van der Waals surface area contributed by atoms with Gasteiger partial charge in [-0.15, -0.1) is 0 Å². The predicted octanol–water partition coefficient (Wildman–Crippen LogP) is 2.77. The van der Waals surface area contributed by atoms with Crippen LogP contribution in [0.1, 0.15) is 43.4 Å². The summed E-state index contributed by atoms with van der Waals surface area (Å²) in [6.45, 7) is 5.78. The zero-order valence-electron chi connectivity index (χ0n) is 16.6. The quantitative estimate of drug-likeness (QED) is 0.744. The maximum Gasteiger partial charge on any atom is 0.337 e. The predicted molar refractivity (Wildman–Crippen MR) is 101 cm³/mol. The monoisotopic (exact) mass is 373 g/mol. The van der Waals surface area contributed by atoms with E-state index in [0.29, 0.717) is 22.6 Å². The second-order valence-corrected chi connectivity index (χ2v) is 7.40. The molecule has 1 aromatic rings. The number of carbonyl (C=O) groups excluding carboxylic acids is 2. The molecule has 0 saturated heterocycles. The van der Waals surface area contributed by atoms with Crippen LogP contribution in [-0.4, -0.2) is 38.2 Å². The summed E-state index contributed by atoms with van der Waals surface area (Å²) in [5.41, 5.74) is 2.43. The van der Waals surface area contributed by atoms with E-state index in [1.165, 1.54) is 7.11 Å². The molecule has 27 heavy (non-hydrogen) atoms. The molecule has 1 saturated carbocycles. The van der Waals surface area contributed by atoms with Gasteiger partial charge in [-0.2, -0.15) is 0 Å². The Kier molecular flexibility index (Phi) is 5.29. The van der Waals surface area contributed by atoms with E-state index in [1.54, 1.807) is 7.11 Å². The van der Waals surface area contributed by atoms with Crippen molar-refractivity contribution in [2.45, 2.75) is 45.6 Å². The third kappa shape index (κ3) is 3.46. The molecule has 0 spiro atoms. The molecule has 146 valence electrons. The summed E-state index contributed by atoms with van der Waals surface area (Å²) in [5.74, 6) is 0.496. The van der Waals surface area contributed by atoms with Crippen LogP contribution in [0.2, 0.25) is 0 Å². The van der Waals surface area contributed by atoms with E-state index in [2.05, 4.69) is 5.32 Å². The topological polar surface area (TPSA) is 73.9 Å². The number of carbonyl (C=O) groups is 2. The lowest BCUT2D eigenvalue weighted by atomic mass is 9.89. The van der Waals surface area contributed by atoms with Crippen LogP contribution >= 0.6 is 0 Å². The molecular weight excluding hydrogens is 346 g/mol. The number of benzene rings is 1. The van der Waals surface area contributed by atoms with Crippen molar-refractivity contribution in [3.63, 3.8) is 0 Å². The summed E-state index contributed by atoms with van der Waals surface area (Å²) in [7, 11) is 3.02. The van der Waals surface area contributed by atoms with E-state index in [4.69, 9.17) is 14.2 Å². The second-order valence-electron chi connectivity index (χ2n) is 7.40. The molecular formula is C21H27NO5. The lowest BCUT2D eigenvalue weighted by Crippen LogP contribution is -2.44. The molecule has 1 atom stereocenters. The number of nitrogens with one attached hydrogen (secondary N) is 1. The first-order valence-corrected chi connectivity index (χ1v) is 9.30. The van der Waals surface area contributed by atoms with Crippen molar-refractivity contribution in [1.29, 1.82) is 0 Å². The summed E-state index contributed by atoms with van der Waals surface area (Å²) in [5, 5.41) is 3.07. The van der Waals surface area contributed by atoms with Gasteiger partial charge in [0, 0.05) is 12.7 Å². The number of methoxy groups -OCH3 is 2. The third-order valence-corrected chi connectivity index (χ3v) is 5.35. The normalized spacial score (nSPS) is 22.0. The molecule has 1 heterocycles. The Labute approximate surface area is 159 Å². The fraction of sp³-hybridized carbons (Fsp3) is 0.524. The Hall–Kier alpha value is -2.34. The summed E-state index contributed by atoms with van der Waals surface area (Å²) in [4.78, 5) is 25.3. The van der Waals surface area contributed by atoms with Gasteiger partial charge < -0.3 is 19.5 Å². The maximum atomic E-state index is 13.0. The fourth-order valence-corrected chi connectivity index (χ4v) is 3.86. The first kappa shape index (κ1) is 19.4. The van der Waals surface area contributed by atoms with Crippen molar-refractivity contribution in [3.05, 3.63) is 34.6 Å². The number of aryl methyl sites for hydroxylation is 2. The van der Waals surface area contributed by atoms with Crippen LogP contribution in [0.25, 0.3) is 5.57 Å². The van der Waals surface area contributed by atoms with E-state index in [9.17, 15) is 9.59 Å². The van der Waals surface area contributed by atoms with Crippen molar-refractivity contribution in [2.24, 2.45) is 5.92 Å². The Balaban J connectivity index is 2.22. The van der Waals surface area contributed by atoms with Crippen LogP contribution in [0, 0.1) is 12.8 Å². The van der Waals surface area contributed by atoms with E-state index in [-0.39, 0.29) is 18.4 Å². The minimum atomic E-state index is -0.698. The minimum absolute atomic E-state index is 0.169. The van der Waals surface area contributed by atoms with Gasteiger partial charge in [-0.05, 0) is 56.2 Å². The standard InChI is InChI=1S/C21H27NO5/c1-6-13-9-12(2)10-15(26-5)17(13)18-19(27-16(23)11-25-4)21(3,14-7-8-14)22-20(18)24/h9-10,14H,6-8,11H2,1-5H3,(H,22,24). The van der Waals surface area contributed by atoms with Gasteiger partial charge in [0.2, 0.25) is 0 Å². The Bertz CT molecular complexity index is 784. The van der Waals surface area contributed by atoms with Gasteiger partial charge in [-0.1, -0.05) is 13.0 Å². The highest BCUT2D eigenvalue weighted by Gasteiger charge is 2.54. The highest BCUT2D eigenvalue weighted by Crippen LogP contribution is 2.50. The molecule has 1 aromatic carbocycles. The number of ether oxygens (including phenoxy) is 3. The zero-order chi connectivity index (χ0) is 19.8. The van der Waals surface area contributed by atoms with Crippen molar-refractivity contribution < 1.29 is 23.8 Å². The molecule has 2 aliphatic rings. The molecule has 0 radical (unpaired) electrons. The molecule has 1 N–H and O–H groups in total. The van der Waals surface area contributed by atoms with Gasteiger partial charge in [0.1, 0.15) is 18.1 Å². The summed E-state index contributed by atoms with van der Waals surface area (Å²) < 4.78 is 16.2. The molecule has 1 fully saturated rings. The molecule has 6 nitrogen and oxygen atoms in total. The lowest BCUT2D eigenvalue weighted by molar-refractivity contribution is -0.144. The van der Waals surface area contributed by atoms with Crippen molar-refractivity contribution in [3.8, 4) is 5.75 Å². The molecule has 0 bridgehead atoms.